The summed E-state index contributed by atoms with van der Waals surface area (Å²) in [6.07, 6.45) is 1.69. The van der Waals surface area contributed by atoms with Gasteiger partial charge in [0, 0.05) is 31.7 Å². The molecule has 0 aliphatic carbocycles. The Labute approximate surface area is 119 Å². The van der Waals surface area contributed by atoms with Crippen LogP contribution in [-0.2, 0) is 0 Å². The van der Waals surface area contributed by atoms with Gasteiger partial charge in [-0.3, -0.25) is 4.79 Å². The number of hydrogen-bond donors (Lipinski definition) is 1. The number of piperazine rings is 1. The molecule has 4 nitrogen and oxygen atoms in total. The van der Waals surface area contributed by atoms with Gasteiger partial charge in [-0.2, -0.15) is 0 Å². The lowest BCUT2D eigenvalue weighted by Crippen LogP contribution is -2.46. The molecule has 0 saturated carbocycles. The van der Waals surface area contributed by atoms with Crippen LogP contribution in [0.4, 0.5) is 0 Å². The zero-order chi connectivity index (χ0) is 12.8. The van der Waals surface area contributed by atoms with Crippen LogP contribution in [0.5, 0.6) is 5.75 Å². The van der Waals surface area contributed by atoms with Crippen molar-refractivity contribution in [2.45, 2.75) is 0 Å². The fourth-order valence-corrected chi connectivity index (χ4v) is 1.90. The monoisotopic (exact) mass is 282 g/mol. The first-order chi connectivity index (χ1) is 8.81. The molecule has 1 N–H and O–H groups in total. The normalized spacial score (nSPS) is 14.4. The molecule has 1 fully saturated rings. The second-order valence-corrected chi connectivity index (χ2v) is 4.17. The number of benzene rings is 1. The lowest BCUT2D eigenvalue weighted by Gasteiger charge is -2.27. The number of ether oxygens (including phenoxy) is 1. The number of carbonyl (C=O) groups excluding carboxylic acids is 1. The van der Waals surface area contributed by atoms with E-state index in [1.807, 2.05) is 29.2 Å². The summed E-state index contributed by atoms with van der Waals surface area (Å²) in [6.45, 7) is 7.35. The number of amides is 1. The van der Waals surface area contributed by atoms with Crippen molar-refractivity contribution >= 4 is 18.3 Å². The van der Waals surface area contributed by atoms with Gasteiger partial charge in [0.2, 0.25) is 0 Å². The van der Waals surface area contributed by atoms with E-state index in [1.165, 1.54) is 0 Å². The summed E-state index contributed by atoms with van der Waals surface area (Å²) in [4.78, 5) is 14.0. The third-order valence-electron chi connectivity index (χ3n) is 2.87. The predicted molar refractivity (Wildman–Crippen MR) is 78.2 cm³/mol. The number of halogens is 1. The van der Waals surface area contributed by atoms with E-state index in [4.69, 9.17) is 4.74 Å². The zero-order valence-corrected chi connectivity index (χ0v) is 11.6. The molecule has 0 aromatic heterocycles. The highest BCUT2D eigenvalue weighted by molar-refractivity contribution is 5.94. The molecular formula is C14H19ClN2O2. The van der Waals surface area contributed by atoms with Gasteiger partial charge in [-0.05, 0) is 24.3 Å². The van der Waals surface area contributed by atoms with Crippen LogP contribution in [0, 0.1) is 0 Å². The van der Waals surface area contributed by atoms with Gasteiger partial charge in [-0.15, -0.1) is 12.4 Å². The van der Waals surface area contributed by atoms with Crippen molar-refractivity contribution in [2.75, 3.05) is 32.8 Å². The van der Waals surface area contributed by atoms with Gasteiger partial charge >= 0.3 is 0 Å². The molecule has 0 unspecified atom stereocenters. The van der Waals surface area contributed by atoms with Crippen molar-refractivity contribution < 1.29 is 9.53 Å². The predicted octanol–water partition coefficient (Wildman–Crippen LogP) is 1.72. The fraction of sp³-hybridized carbons (Fsp3) is 0.357. The average Bonchev–Trinajstić information content (AvgIpc) is 2.46. The molecule has 1 aliphatic rings. The van der Waals surface area contributed by atoms with Crippen LogP contribution < -0.4 is 10.1 Å². The zero-order valence-electron chi connectivity index (χ0n) is 10.8. The third kappa shape index (κ3) is 4.26. The first-order valence-corrected chi connectivity index (χ1v) is 6.15. The van der Waals surface area contributed by atoms with Crippen molar-refractivity contribution in [3.05, 3.63) is 42.5 Å². The summed E-state index contributed by atoms with van der Waals surface area (Å²) < 4.78 is 5.38. The lowest BCUT2D eigenvalue weighted by molar-refractivity contribution is 0.0736. The van der Waals surface area contributed by atoms with Crippen LogP contribution in [0.3, 0.4) is 0 Å². The van der Waals surface area contributed by atoms with Gasteiger partial charge < -0.3 is 15.0 Å². The molecule has 1 amide bonds. The van der Waals surface area contributed by atoms with E-state index in [0.29, 0.717) is 12.2 Å². The Hall–Kier alpha value is -1.52. The highest BCUT2D eigenvalue weighted by Gasteiger charge is 2.17. The summed E-state index contributed by atoms with van der Waals surface area (Å²) in [7, 11) is 0. The minimum Gasteiger partial charge on any atom is -0.490 e. The molecule has 0 spiro atoms. The molecule has 104 valence electrons. The van der Waals surface area contributed by atoms with E-state index in [9.17, 15) is 4.79 Å². The van der Waals surface area contributed by atoms with Gasteiger partial charge in [-0.1, -0.05) is 12.7 Å². The first kappa shape index (κ1) is 15.5. The van der Waals surface area contributed by atoms with E-state index < -0.39 is 0 Å². The molecule has 1 aliphatic heterocycles. The quantitative estimate of drug-likeness (QED) is 0.855. The Morgan fingerprint density at radius 3 is 2.53 bits per heavy atom. The van der Waals surface area contributed by atoms with Crippen LogP contribution in [0.1, 0.15) is 10.4 Å². The maximum atomic E-state index is 12.2. The van der Waals surface area contributed by atoms with Crippen LogP contribution in [-0.4, -0.2) is 43.6 Å². The first-order valence-electron chi connectivity index (χ1n) is 6.15. The van der Waals surface area contributed by atoms with Crippen LogP contribution in [0.25, 0.3) is 0 Å². The average molecular weight is 283 g/mol. The molecule has 0 bridgehead atoms. The van der Waals surface area contributed by atoms with Crippen molar-refractivity contribution in [3.8, 4) is 5.75 Å². The highest BCUT2D eigenvalue weighted by Crippen LogP contribution is 2.14. The molecule has 1 saturated heterocycles. The Morgan fingerprint density at radius 2 is 1.95 bits per heavy atom. The Balaban J connectivity index is 0.00000180. The van der Waals surface area contributed by atoms with Crippen molar-refractivity contribution in [1.29, 1.82) is 0 Å². The van der Waals surface area contributed by atoms with Crippen molar-refractivity contribution in [2.24, 2.45) is 0 Å². The van der Waals surface area contributed by atoms with E-state index in [0.717, 1.165) is 31.9 Å². The Bertz CT molecular complexity index is 414. The SMILES string of the molecule is C=CCOc1ccc(C(=O)N2CCNCC2)cc1.Cl. The topological polar surface area (TPSA) is 41.6 Å². The van der Waals surface area contributed by atoms with E-state index >= 15 is 0 Å². The number of hydrogen-bond acceptors (Lipinski definition) is 3. The summed E-state index contributed by atoms with van der Waals surface area (Å²) in [5, 5.41) is 3.23. The number of carbonyl (C=O) groups is 1. The maximum absolute atomic E-state index is 12.2. The van der Waals surface area contributed by atoms with Crippen LogP contribution in [0.2, 0.25) is 0 Å². The number of nitrogens with one attached hydrogen (secondary N) is 1. The minimum absolute atomic E-state index is 0. The van der Waals surface area contributed by atoms with Crippen LogP contribution >= 0.6 is 12.4 Å². The molecular weight excluding hydrogens is 264 g/mol. The van der Waals surface area contributed by atoms with Crippen molar-refractivity contribution in [3.63, 3.8) is 0 Å². The van der Waals surface area contributed by atoms with E-state index in [2.05, 4.69) is 11.9 Å². The van der Waals surface area contributed by atoms with E-state index in [1.54, 1.807) is 6.08 Å². The second kappa shape index (κ2) is 7.81. The Morgan fingerprint density at radius 1 is 1.32 bits per heavy atom. The van der Waals surface area contributed by atoms with Gasteiger partial charge in [0.1, 0.15) is 12.4 Å². The maximum Gasteiger partial charge on any atom is 0.253 e. The smallest absolute Gasteiger partial charge is 0.253 e. The molecule has 1 aromatic carbocycles. The fourth-order valence-electron chi connectivity index (χ4n) is 1.90. The van der Waals surface area contributed by atoms with Crippen LogP contribution in [0.15, 0.2) is 36.9 Å². The van der Waals surface area contributed by atoms with Gasteiger partial charge in [0.25, 0.3) is 5.91 Å². The van der Waals surface area contributed by atoms with Gasteiger partial charge in [0.05, 0.1) is 0 Å². The lowest BCUT2D eigenvalue weighted by atomic mass is 10.2. The molecule has 5 heteroatoms. The van der Waals surface area contributed by atoms with Crippen molar-refractivity contribution in [1.82, 2.24) is 10.2 Å². The number of nitrogens with zero attached hydrogens (tertiary/aromatic N) is 1. The van der Waals surface area contributed by atoms with Gasteiger partial charge in [-0.25, -0.2) is 0 Å². The largest absolute Gasteiger partial charge is 0.490 e. The third-order valence-corrected chi connectivity index (χ3v) is 2.87. The minimum atomic E-state index is 0. The summed E-state index contributed by atoms with van der Waals surface area (Å²) in [5.41, 5.74) is 0.711. The van der Waals surface area contributed by atoms with E-state index in [-0.39, 0.29) is 18.3 Å². The second-order valence-electron chi connectivity index (χ2n) is 4.17. The molecule has 19 heavy (non-hydrogen) atoms. The Kier molecular flexibility index (Phi) is 6.39. The molecule has 1 aromatic rings. The molecule has 0 atom stereocenters. The number of rotatable bonds is 4. The standard InChI is InChI=1S/C14H18N2O2.ClH/c1-2-11-18-13-5-3-12(4-6-13)14(17)16-9-7-15-8-10-16;/h2-6,15H,1,7-11H2;1H. The highest BCUT2D eigenvalue weighted by atomic mass is 35.5. The van der Waals surface area contributed by atoms with Gasteiger partial charge in [0.15, 0.2) is 0 Å². The molecule has 2 rings (SSSR count). The molecule has 0 radical (unpaired) electrons. The summed E-state index contributed by atoms with van der Waals surface area (Å²) in [6, 6.07) is 7.25. The molecule has 1 heterocycles. The summed E-state index contributed by atoms with van der Waals surface area (Å²) >= 11 is 0. The summed E-state index contributed by atoms with van der Waals surface area (Å²) in [5.74, 6) is 0.846.